The van der Waals surface area contributed by atoms with Gasteiger partial charge in [0, 0.05) is 19.0 Å². The van der Waals surface area contributed by atoms with Gasteiger partial charge in [-0.3, -0.25) is 4.79 Å². The maximum absolute atomic E-state index is 12.0. The second-order valence-electron chi connectivity index (χ2n) is 4.77. The molecule has 0 aliphatic carbocycles. The summed E-state index contributed by atoms with van der Waals surface area (Å²) in [5, 5.41) is 3.98. The van der Waals surface area contributed by atoms with Gasteiger partial charge in [-0.25, -0.2) is 4.98 Å². The molecular weight excluding hydrogens is 246 g/mol. The van der Waals surface area contributed by atoms with Crippen LogP contribution in [0, 0.1) is 6.92 Å². The molecular formula is C13H23N3OS. The van der Waals surface area contributed by atoms with E-state index >= 15 is 0 Å². The lowest BCUT2D eigenvalue weighted by Gasteiger charge is -2.13. The highest BCUT2D eigenvalue weighted by molar-refractivity contribution is 7.13. The molecule has 4 nitrogen and oxygen atoms in total. The van der Waals surface area contributed by atoms with Crippen LogP contribution in [0.25, 0.3) is 0 Å². The van der Waals surface area contributed by atoms with Crippen molar-refractivity contribution in [3.05, 3.63) is 15.6 Å². The lowest BCUT2D eigenvalue weighted by Crippen LogP contribution is -2.32. The van der Waals surface area contributed by atoms with E-state index in [1.54, 1.807) is 0 Å². The molecule has 0 bridgehead atoms. The van der Waals surface area contributed by atoms with Crippen LogP contribution in [-0.4, -0.2) is 42.5 Å². The van der Waals surface area contributed by atoms with Crippen LogP contribution in [0.3, 0.4) is 0 Å². The van der Waals surface area contributed by atoms with Crippen molar-refractivity contribution < 1.29 is 4.79 Å². The molecule has 1 aromatic rings. The minimum absolute atomic E-state index is 0.00130. The van der Waals surface area contributed by atoms with Gasteiger partial charge in [-0.05, 0) is 20.5 Å². The van der Waals surface area contributed by atoms with Gasteiger partial charge in [0.25, 0.3) is 5.91 Å². The first-order valence-corrected chi connectivity index (χ1v) is 7.21. The Bertz CT molecular complexity index is 401. The second kappa shape index (κ2) is 6.85. The summed E-state index contributed by atoms with van der Waals surface area (Å²) >= 11 is 1.50. The number of carbonyl (C=O) groups is 1. The molecule has 1 amide bonds. The summed E-state index contributed by atoms with van der Waals surface area (Å²) in [5.41, 5.74) is 0.838. The number of nitrogens with zero attached hydrogens (tertiary/aromatic N) is 2. The van der Waals surface area contributed by atoms with Gasteiger partial charge in [0.2, 0.25) is 0 Å². The number of amides is 1. The highest BCUT2D eigenvalue weighted by Crippen LogP contribution is 2.24. The summed E-state index contributed by atoms with van der Waals surface area (Å²) in [6.07, 6.45) is 0. The van der Waals surface area contributed by atoms with E-state index in [2.05, 4.69) is 36.0 Å². The monoisotopic (exact) mass is 269 g/mol. The molecule has 1 N–H and O–H groups in total. The first kappa shape index (κ1) is 15.1. The molecule has 0 atom stereocenters. The Morgan fingerprint density at radius 3 is 2.67 bits per heavy atom. The van der Waals surface area contributed by atoms with Crippen molar-refractivity contribution >= 4 is 17.2 Å². The maximum atomic E-state index is 12.0. The van der Waals surface area contributed by atoms with E-state index in [0.717, 1.165) is 28.7 Å². The number of hydrogen-bond acceptors (Lipinski definition) is 4. The molecule has 0 unspecified atom stereocenters. The van der Waals surface area contributed by atoms with E-state index < -0.39 is 0 Å². The molecule has 0 fully saturated rings. The van der Waals surface area contributed by atoms with Crippen molar-refractivity contribution in [2.75, 3.05) is 26.7 Å². The molecule has 1 aromatic heterocycles. The lowest BCUT2D eigenvalue weighted by atomic mass is 10.2. The largest absolute Gasteiger partial charge is 0.350 e. The van der Waals surface area contributed by atoms with Crippen molar-refractivity contribution in [1.29, 1.82) is 0 Å². The predicted octanol–water partition coefficient (Wildman–Crippen LogP) is 2.26. The number of thiazole rings is 1. The number of aromatic nitrogens is 1. The van der Waals surface area contributed by atoms with Gasteiger partial charge < -0.3 is 10.2 Å². The predicted molar refractivity (Wildman–Crippen MR) is 76.4 cm³/mol. The number of rotatable bonds is 6. The van der Waals surface area contributed by atoms with Crippen molar-refractivity contribution in [1.82, 2.24) is 15.2 Å². The number of carbonyl (C=O) groups excluding carboxylic acids is 1. The molecule has 5 heteroatoms. The van der Waals surface area contributed by atoms with E-state index in [4.69, 9.17) is 0 Å². The van der Waals surface area contributed by atoms with Crippen LogP contribution >= 0.6 is 11.3 Å². The topological polar surface area (TPSA) is 45.2 Å². The summed E-state index contributed by atoms with van der Waals surface area (Å²) < 4.78 is 0. The smallest absolute Gasteiger partial charge is 0.263 e. The summed E-state index contributed by atoms with van der Waals surface area (Å²) in [6, 6.07) is 0. The molecule has 102 valence electrons. The summed E-state index contributed by atoms with van der Waals surface area (Å²) in [7, 11) is 2.04. The number of nitrogens with one attached hydrogen (secondary N) is 1. The average molecular weight is 269 g/mol. The van der Waals surface area contributed by atoms with E-state index in [-0.39, 0.29) is 5.91 Å². The number of hydrogen-bond donors (Lipinski definition) is 1. The number of aryl methyl sites for hydroxylation is 1. The Balaban J connectivity index is 2.56. The zero-order valence-corrected chi connectivity index (χ0v) is 12.7. The van der Waals surface area contributed by atoms with Gasteiger partial charge >= 0.3 is 0 Å². The van der Waals surface area contributed by atoms with E-state index in [9.17, 15) is 4.79 Å². The van der Waals surface area contributed by atoms with Gasteiger partial charge in [0.05, 0.1) is 10.7 Å². The molecule has 0 spiro atoms. The molecule has 1 heterocycles. The van der Waals surface area contributed by atoms with Crippen LogP contribution in [0.1, 0.15) is 47.1 Å². The molecule has 18 heavy (non-hydrogen) atoms. The highest BCUT2D eigenvalue weighted by atomic mass is 32.1. The van der Waals surface area contributed by atoms with Gasteiger partial charge in [-0.1, -0.05) is 20.8 Å². The van der Waals surface area contributed by atoms with E-state index in [1.165, 1.54) is 11.3 Å². The Hall–Kier alpha value is -0.940. The van der Waals surface area contributed by atoms with Crippen LogP contribution in [0.2, 0.25) is 0 Å². The van der Waals surface area contributed by atoms with Gasteiger partial charge in [0.1, 0.15) is 4.88 Å². The quantitative estimate of drug-likeness (QED) is 0.861. The van der Waals surface area contributed by atoms with Crippen molar-refractivity contribution in [2.45, 2.75) is 33.6 Å². The summed E-state index contributed by atoms with van der Waals surface area (Å²) in [5.74, 6) is 0.378. The van der Waals surface area contributed by atoms with E-state index in [1.807, 2.05) is 14.0 Å². The fourth-order valence-electron chi connectivity index (χ4n) is 1.47. The Labute approximate surface area is 113 Å². The zero-order chi connectivity index (χ0) is 13.7. The normalized spacial score (nSPS) is 11.3. The molecule has 0 aliphatic rings. The second-order valence-corrected chi connectivity index (χ2v) is 5.80. The lowest BCUT2D eigenvalue weighted by molar-refractivity contribution is 0.0953. The minimum Gasteiger partial charge on any atom is -0.350 e. The fourth-order valence-corrected chi connectivity index (χ4v) is 2.46. The van der Waals surface area contributed by atoms with Crippen molar-refractivity contribution in [2.24, 2.45) is 0 Å². The van der Waals surface area contributed by atoms with Gasteiger partial charge in [-0.15, -0.1) is 11.3 Å². The van der Waals surface area contributed by atoms with Crippen molar-refractivity contribution in [3.8, 4) is 0 Å². The van der Waals surface area contributed by atoms with Gasteiger partial charge in [0.15, 0.2) is 0 Å². The van der Waals surface area contributed by atoms with Crippen LogP contribution < -0.4 is 5.32 Å². The van der Waals surface area contributed by atoms with Crippen LogP contribution in [-0.2, 0) is 0 Å². The molecule has 1 rings (SSSR count). The minimum atomic E-state index is 0.00130. The third kappa shape index (κ3) is 4.07. The summed E-state index contributed by atoms with van der Waals surface area (Å²) in [4.78, 5) is 19.4. The Kier molecular flexibility index (Phi) is 5.75. The third-order valence-electron chi connectivity index (χ3n) is 2.83. The first-order chi connectivity index (χ1) is 8.45. The fraction of sp³-hybridized carbons (Fsp3) is 0.692. The Morgan fingerprint density at radius 2 is 2.17 bits per heavy atom. The maximum Gasteiger partial charge on any atom is 0.263 e. The molecule has 0 aliphatic heterocycles. The van der Waals surface area contributed by atoms with Gasteiger partial charge in [-0.2, -0.15) is 0 Å². The van der Waals surface area contributed by atoms with Crippen LogP contribution in [0.15, 0.2) is 0 Å². The summed E-state index contributed by atoms with van der Waals surface area (Å²) in [6.45, 7) is 10.7. The van der Waals surface area contributed by atoms with Crippen LogP contribution in [0.4, 0.5) is 0 Å². The third-order valence-corrected chi connectivity index (χ3v) is 4.29. The average Bonchev–Trinajstić information content (AvgIpc) is 2.71. The first-order valence-electron chi connectivity index (χ1n) is 6.39. The molecule has 0 aromatic carbocycles. The SMILES string of the molecule is CCN(C)CCNC(=O)c1sc(C(C)C)nc1C. The van der Waals surface area contributed by atoms with E-state index in [0.29, 0.717) is 12.5 Å². The van der Waals surface area contributed by atoms with Crippen LogP contribution in [0.5, 0.6) is 0 Å². The van der Waals surface area contributed by atoms with Crippen molar-refractivity contribution in [3.63, 3.8) is 0 Å². The standard InChI is InChI=1S/C13H23N3OS/c1-6-16(5)8-7-14-12(17)11-10(4)15-13(18-11)9(2)3/h9H,6-8H2,1-5H3,(H,14,17). The Morgan fingerprint density at radius 1 is 1.50 bits per heavy atom. The zero-order valence-electron chi connectivity index (χ0n) is 11.9. The highest BCUT2D eigenvalue weighted by Gasteiger charge is 2.16. The molecule has 0 saturated heterocycles. The molecule has 0 radical (unpaired) electrons. The number of likely N-dealkylation sites (N-methyl/N-ethyl adjacent to an activating group) is 1. The molecule has 0 saturated carbocycles.